The van der Waals surface area contributed by atoms with E-state index in [-0.39, 0.29) is 5.91 Å². The molecule has 0 aromatic carbocycles. The largest absolute Gasteiger partial charge is 0.378 e. The van der Waals surface area contributed by atoms with E-state index in [0.29, 0.717) is 5.56 Å². The van der Waals surface area contributed by atoms with Crippen molar-refractivity contribution in [2.24, 2.45) is 0 Å². The van der Waals surface area contributed by atoms with Gasteiger partial charge in [0.15, 0.2) is 0 Å². The zero-order valence-electron chi connectivity index (χ0n) is 12.5. The molecule has 0 radical (unpaired) electrons. The van der Waals surface area contributed by atoms with E-state index in [1.54, 1.807) is 6.20 Å². The smallest absolute Gasteiger partial charge is 0.255 e. The number of pyridine rings is 1. The number of rotatable bonds is 2. The topological polar surface area (TPSA) is 48.9 Å². The third kappa shape index (κ3) is 3.33. The number of amides is 1. The molecule has 3 rings (SSSR count). The summed E-state index contributed by atoms with van der Waals surface area (Å²) in [4.78, 5) is 23.2. The van der Waals surface area contributed by atoms with Gasteiger partial charge in [0, 0.05) is 45.5 Å². The standard InChI is InChI=1S/C15H22N4O2/c1-17-2-4-19(5-3-17)15(20)13-10-14(12-16-11-13)18-6-8-21-9-7-18/h10-12H,2-9H2,1H3. The molecule has 2 saturated heterocycles. The Kier molecular flexibility index (Phi) is 4.36. The third-order valence-electron chi connectivity index (χ3n) is 4.14. The van der Waals surface area contributed by atoms with E-state index in [1.807, 2.05) is 17.2 Å². The van der Waals surface area contributed by atoms with Crippen molar-refractivity contribution >= 4 is 11.6 Å². The van der Waals surface area contributed by atoms with Gasteiger partial charge in [-0.2, -0.15) is 0 Å². The van der Waals surface area contributed by atoms with Crippen LogP contribution in [0.15, 0.2) is 18.5 Å². The number of morpholine rings is 1. The van der Waals surface area contributed by atoms with E-state index in [4.69, 9.17) is 4.74 Å². The van der Waals surface area contributed by atoms with E-state index in [1.165, 1.54) is 0 Å². The van der Waals surface area contributed by atoms with Gasteiger partial charge >= 0.3 is 0 Å². The van der Waals surface area contributed by atoms with Gasteiger partial charge in [-0.1, -0.05) is 0 Å². The lowest BCUT2D eigenvalue weighted by atomic mass is 10.2. The number of nitrogens with zero attached hydrogens (tertiary/aromatic N) is 4. The second-order valence-corrected chi connectivity index (χ2v) is 5.63. The lowest BCUT2D eigenvalue weighted by Gasteiger charge is -2.33. The van der Waals surface area contributed by atoms with Crippen LogP contribution >= 0.6 is 0 Å². The van der Waals surface area contributed by atoms with Gasteiger partial charge in [-0.05, 0) is 13.1 Å². The van der Waals surface area contributed by atoms with Crippen LogP contribution in [0, 0.1) is 0 Å². The first-order valence-corrected chi connectivity index (χ1v) is 7.49. The van der Waals surface area contributed by atoms with Crippen molar-refractivity contribution in [2.45, 2.75) is 0 Å². The van der Waals surface area contributed by atoms with Crippen LogP contribution in [0.4, 0.5) is 5.69 Å². The number of carbonyl (C=O) groups excluding carboxylic acids is 1. The zero-order chi connectivity index (χ0) is 14.7. The number of hydrogen-bond acceptors (Lipinski definition) is 5. The molecular formula is C15H22N4O2. The van der Waals surface area contributed by atoms with E-state index < -0.39 is 0 Å². The van der Waals surface area contributed by atoms with Crippen molar-refractivity contribution in [1.29, 1.82) is 0 Å². The minimum absolute atomic E-state index is 0.0886. The minimum Gasteiger partial charge on any atom is -0.378 e. The summed E-state index contributed by atoms with van der Waals surface area (Å²) in [6.45, 7) is 6.62. The summed E-state index contributed by atoms with van der Waals surface area (Å²) < 4.78 is 5.36. The highest BCUT2D eigenvalue weighted by molar-refractivity contribution is 5.94. The predicted molar refractivity (Wildman–Crippen MR) is 80.7 cm³/mol. The molecule has 6 heteroatoms. The molecule has 3 heterocycles. The summed E-state index contributed by atoms with van der Waals surface area (Å²) in [5, 5.41) is 0. The Morgan fingerprint density at radius 1 is 1.10 bits per heavy atom. The summed E-state index contributed by atoms with van der Waals surface area (Å²) in [7, 11) is 2.09. The molecule has 2 aliphatic rings. The lowest BCUT2D eigenvalue weighted by molar-refractivity contribution is 0.0663. The molecule has 114 valence electrons. The Labute approximate surface area is 125 Å². The van der Waals surface area contributed by atoms with Crippen molar-refractivity contribution in [3.05, 3.63) is 24.0 Å². The second kappa shape index (κ2) is 6.41. The van der Waals surface area contributed by atoms with Crippen LogP contribution in [-0.2, 0) is 4.74 Å². The highest BCUT2D eigenvalue weighted by Crippen LogP contribution is 2.17. The summed E-state index contributed by atoms with van der Waals surface area (Å²) in [6.07, 6.45) is 3.50. The number of carbonyl (C=O) groups is 1. The van der Waals surface area contributed by atoms with Gasteiger partial charge < -0.3 is 19.4 Å². The number of hydrogen-bond donors (Lipinski definition) is 0. The fraction of sp³-hybridized carbons (Fsp3) is 0.600. The fourth-order valence-corrected chi connectivity index (χ4v) is 2.73. The molecule has 0 atom stereocenters. The lowest BCUT2D eigenvalue weighted by Crippen LogP contribution is -2.47. The molecule has 0 saturated carbocycles. The molecule has 2 aliphatic heterocycles. The molecule has 21 heavy (non-hydrogen) atoms. The van der Waals surface area contributed by atoms with Crippen LogP contribution < -0.4 is 4.90 Å². The third-order valence-corrected chi connectivity index (χ3v) is 4.14. The van der Waals surface area contributed by atoms with Crippen LogP contribution in [0.3, 0.4) is 0 Å². The Morgan fingerprint density at radius 3 is 2.52 bits per heavy atom. The van der Waals surface area contributed by atoms with Gasteiger partial charge in [-0.15, -0.1) is 0 Å². The Morgan fingerprint density at radius 2 is 1.81 bits per heavy atom. The first-order valence-electron chi connectivity index (χ1n) is 7.49. The highest BCUT2D eigenvalue weighted by atomic mass is 16.5. The molecule has 1 aromatic rings. The molecular weight excluding hydrogens is 268 g/mol. The van der Waals surface area contributed by atoms with Crippen molar-refractivity contribution in [3.63, 3.8) is 0 Å². The Bertz CT molecular complexity index is 494. The first-order chi connectivity index (χ1) is 10.2. The average molecular weight is 290 g/mol. The first kappa shape index (κ1) is 14.3. The molecule has 1 amide bonds. The molecule has 0 bridgehead atoms. The minimum atomic E-state index is 0.0886. The van der Waals surface area contributed by atoms with Crippen LogP contribution in [0.2, 0.25) is 0 Å². The molecule has 1 aromatic heterocycles. The van der Waals surface area contributed by atoms with Crippen LogP contribution in [0.5, 0.6) is 0 Å². The van der Waals surface area contributed by atoms with Gasteiger partial charge in [0.2, 0.25) is 0 Å². The Hall–Kier alpha value is -1.66. The molecule has 2 fully saturated rings. The van der Waals surface area contributed by atoms with Gasteiger partial charge in [-0.25, -0.2) is 0 Å². The molecule has 0 aliphatic carbocycles. The van der Waals surface area contributed by atoms with Crippen molar-refractivity contribution in [1.82, 2.24) is 14.8 Å². The average Bonchev–Trinajstić information content (AvgIpc) is 2.56. The SMILES string of the molecule is CN1CCN(C(=O)c2cncc(N3CCOCC3)c2)CC1. The molecule has 0 N–H and O–H groups in total. The van der Waals surface area contributed by atoms with Gasteiger partial charge in [0.25, 0.3) is 5.91 Å². The normalized spacial score (nSPS) is 20.6. The monoisotopic (exact) mass is 290 g/mol. The van der Waals surface area contributed by atoms with Gasteiger partial charge in [0.1, 0.15) is 0 Å². The maximum absolute atomic E-state index is 12.6. The van der Waals surface area contributed by atoms with E-state index in [9.17, 15) is 4.79 Å². The van der Waals surface area contributed by atoms with E-state index in [0.717, 1.165) is 58.2 Å². The summed E-state index contributed by atoms with van der Waals surface area (Å²) in [5.74, 6) is 0.0886. The molecule has 0 spiro atoms. The zero-order valence-corrected chi connectivity index (χ0v) is 12.5. The number of likely N-dealkylation sites (N-methyl/N-ethyl adjacent to an activating group) is 1. The Balaban J connectivity index is 1.71. The van der Waals surface area contributed by atoms with E-state index in [2.05, 4.69) is 21.8 Å². The van der Waals surface area contributed by atoms with Crippen LogP contribution in [-0.4, -0.2) is 80.2 Å². The fourth-order valence-electron chi connectivity index (χ4n) is 2.73. The maximum Gasteiger partial charge on any atom is 0.255 e. The van der Waals surface area contributed by atoms with Crippen molar-refractivity contribution in [3.8, 4) is 0 Å². The summed E-state index contributed by atoms with van der Waals surface area (Å²) in [6, 6.07) is 1.96. The van der Waals surface area contributed by atoms with Gasteiger partial charge in [-0.3, -0.25) is 9.78 Å². The highest BCUT2D eigenvalue weighted by Gasteiger charge is 2.21. The number of aromatic nitrogens is 1. The van der Waals surface area contributed by atoms with Crippen molar-refractivity contribution < 1.29 is 9.53 Å². The summed E-state index contributed by atoms with van der Waals surface area (Å²) >= 11 is 0. The summed E-state index contributed by atoms with van der Waals surface area (Å²) in [5.41, 5.74) is 1.70. The van der Waals surface area contributed by atoms with E-state index >= 15 is 0 Å². The molecule has 6 nitrogen and oxygen atoms in total. The van der Waals surface area contributed by atoms with Crippen LogP contribution in [0.25, 0.3) is 0 Å². The number of piperazine rings is 1. The van der Waals surface area contributed by atoms with Crippen LogP contribution in [0.1, 0.15) is 10.4 Å². The van der Waals surface area contributed by atoms with Crippen molar-refractivity contribution in [2.75, 3.05) is 64.4 Å². The number of ether oxygens (including phenoxy) is 1. The molecule has 0 unspecified atom stereocenters. The van der Waals surface area contributed by atoms with Gasteiger partial charge in [0.05, 0.1) is 30.7 Å². The maximum atomic E-state index is 12.6. The predicted octanol–water partition coefficient (Wildman–Crippen LogP) is 0.306. The number of anilines is 1. The quantitative estimate of drug-likeness (QED) is 0.784. The second-order valence-electron chi connectivity index (χ2n) is 5.63.